The number of allylic oxidation sites excluding steroid dienone is 1. The van der Waals surface area contributed by atoms with E-state index in [0.29, 0.717) is 6.42 Å². The molecule has 0 bridgehead atoms. The van der Waals surface area contributed by atoms with Gasteiger partial charge in [0.05, 0.1) is 0 Å². The number of rotatable bonds is 6. The lowest BCUT2D eigenvalue weighted by atomic mass is 10.2. The topological polar surface area (TPSA) is 17.1 Å². The Kier molecular flexibility index (Phi) is 5.45. The summed E-state index contributed by atoms with van der Waals surface area (Å²) in [6.07, 6.45) is 4.11. The summed E-state index contributed by atoms with van der Waals surface area (Å²) < 4.78 is 0. The Labute approximate surface area is 118 Å². The first-order chi connectivity index (χ1) is 9.34. The molecule has 0 aliphatic rings. The van der Waals surface area contributed by atoms with Gasteiger partial charge in [-0.2, -0.15) is 0 Å². The van der Waals surface area contributed by atoms with Crippen LogP contribution in [0.15, 0.2) is 71.6 Å². The van der Waals surface area contributed by atoms with Crippen molar-refractivity contribution in [2.75, 3.05) is 5.75 Å². The molecule has 0 N–H and O–H groups in total. The minimum Gasteiger partial charge on any atom is -0.295 e. The van der Waals surface area contributed by atoms with Crippen LogP contribution in [0.1, 0.15) is 12.0 Å². The number of hydrogen-bond acceptors (Lipinski definition) is 2. The molecular weight excluding hydrogens is 252 g/mol. The van der Waals surface area contributed by atoms with Gasteiger partial charge in [0.25, 0.3) is 0 Å². The lowest BCUT2D eigenvalue weighted by molar-refractivity contribution is -0.114. The normalized spacial score (nSPS) is 10.7. The van der Waals surface area contributed by atoms with Crippen LogP contribution in [0.25, 0.3) is 6.08 Å². The van der Waals surface area contributed by atoms with Gasteiger partial charge in [0.1, 0.15) is 0 Å². The van der Waals surface area contributed by atoms with Crippen LogP contribution in [-0.2, 0) is 4.79 Å². The molecule has 2 aromatic carbocycles. The molecule has 0 heterocycles. The number of carbonyl (C=O) groups is 1. The Hall–Kier alpha value is -1.80. The molecule has 0 aliphatic carbocycles. The molecule has 0 unspecified atom stereocenters. The highest BCUT2D eigenvalue weighted by Gasteiger charge is 1.98. The largest absolute Gasteiger partial charge is 0.295 e. The predicted octanol–water partition coefficient (Wildman–Crippen LogP) is 4.45. The van der Waals surface area contributed by atoms with Crippen molar-refractivity contribution in [3.8, 4) is 0 Å². The zero-order valence-electron chi connectivity index (χ0n) is 10.7. The fourth-order valence-corrected chi connectivity index (χ4v) is 2.51. The number of thioether (sulfide) groups is 1. The number of carbonyl (C=O) groups excluding carboxylic acids is 1. The average Bonchev–Trinajstić information content (AvgIpc) is 2.47. The highest BCUT2D eigenvalue weighted by atomic mass is 32.2. The van der Waals surface area contributed by atoms with Crippen LogP contribution in [0.3, 0.4) is 0 Å². The van der Waals surface area contributed by atoms with Crippen molar-refractivity contribution in [3.05, 3.63) is 72.3 Å². The molecule has 0 atom stereocenters. The molecule has 0 saturated heterocycles. The van der Waals surface area contributed by atoms with Crippen LogP contribution in [0.4, 0.5) is 0 Å². The Morgan fingerprint density at radius 3 is 2.26 bits per heavy atom. The van der Waals surface area contributed by atoms with E-state index in [2.05, 4.69) is 12.1 Å². The standard InChI is InChI=1S/C17H16OS/c18-16(12-11-15-7-3-1-4-8-15)13-14-19-17-9-5-2-6-10-17/h1-12H,13-14H2/b12-11+. The van der Waals surface area contributed by atoms with Gasteiger partial charge in [-0.3, -0.25) is 4.79 Å². The third-order valence-corrected chi connectivity index (χ3v) is 3.64. The van der Waals surface area contributed by atoms with Crippen molar-refractivity contribution >= 4 is 23.6 Å². The first-order valence-electron chi connectivity index (χ1n) is 6.28. The van der Waals surface area contributed by atoms with Crippen molar-refractivity contribution in [3.63, 3.8) is 0 Å². The quantitative estimate of drug-likeness (QED) is 0.568. The van der Waals surface area contributed by atoms with Crippen LogP contribution in [0, 0.1) is 0 Å². The Morgan fingerprint density at radius 1 is 0.947 bits per heavy atom. The van der Waals surface area contributed by atoms with Crippen molar-refractivity contribution in [1.82, 2.24) is 0 Å². The summed E-state index contributed by atoms with van der Waals surface area (Å²) in [5, 5.41) is 0. The van der Waals surface area contributed by atoms with Gasteiger partial charge in [-0.15, -0.1) is 11.8 Å². The van der Waals surface area contributed by atoms with Gasteiger partial charge < -0.3 is 0 Å². The van der Waals surface area contributed by atoms with E-state index in [1.807, 2.05) is 54.6 Å². The fourth-order valence-electron chi connectivity index (χ4n) is 1.62. The van der Waals surface area contributed by atoms with Crippen molar-refractivity contribution < 1.29 is 4.79 Å². The summed E-state index contributed by atoms with van der Waals surface area (Å²) in [7, 11) is 0. The van der Waals surface area contributed by atoms with Crippen molar-refractivity contribution in [2.24, 2.45) is 0 Å². The minimum atomic E-state index is 0.173. The Morgan fingerprint density at radius 2 is 1.58 bits per heavy atom. The molecule has 2 aromatic rings. The lowest BCUT2D eigenvalue weighted by Crippen LogP contribution is -1.94. The molecule has 0 aliphatic heterocycles. The molecule has 19 heavy (non-hydrogen) atoms. The Balaban J connectivity index is 1.75. The second kappa shape index (κ2) is 7.59. The first-order valence-corrected chi connectivity index (χ1v) is 7.27. The SMILES string of the molecule is O=C(/C=C/c1ccccc1)CCSc1ccccc1. The second-order valence-electron chi connectivity index (χ2n) is 4.12. The molecule has 1 nitrogen and oxygen atoms in total. The molecule has 96 valence electrons. The van der Waals surface area contributed by atoms with Gasteiger partial charge in [0.2, 0.25) is 0 Å². The van der Waals surface area contributed by atoms with E-state index in [0.717, 1.165) is 11.3 Å². The molecule has 0 amide bonds. The number of hydrogen-bond donors (Lipinski definition) is 0. The molecule has 0 radical (unpaired) electrons. The summed E-state index contributed by atoms with van der Waals surface area (Å²) in [6, 6.07) is 20.0. The van der Waals surface area contributed by atoms with Crippen LogP contribution < -0.4 is 0 Å². The zero-order chi connectivity index (χ0) is 13.3. The zero-order valence-corrected chi connectivity index (χ0v) is 11.5. The van der Waals surface area contributed by atoms with Gasteiger partial charge in [0.15, 0.2) is 5.78 Å². The molecule has 0 saturated carbocycles. The third kappa shape index (κ3) is 5.14. The van der Waals surface area contributed by atoms with Gasteiger partial charge in [-0.25, -0.2) is 0 Å². The first kappa shape index (κ1) is 13.6. The van der Waals surface area contributed by atoms with Gasteiger partial charge in [-0.05, 0) is 23.8 Å². The van der Waals surface area contributed by atoms with E-state index in [1.165, 1.54) is 4.90 Å². The summed E-state index contributed by atoms with van der Waals surface area (Å²) in [5.74, 6) is 0.995. The van der Waals surface area contributed by atoms with Crippen LogP contribution in [-0.4, -0.2) is 11.5 Å². The number of benzene rings is 2. The maximum atomic E-state index is 11.7. The molecule has 2 rings (SSSR count). The van der Waals surface area contributed by atoms with Crippen LogP contribution >= 0.6 is 11.8 Å². The maximum absolute atomic E-state index is 11.7. The molecule has 0 aromatic heterocycles. The molecular formula is C17H16OS. The molecule has 0 spiro atoms. The molecule has 2 heteroatoms. The van der Waals surface area contributed by atoms with E-state index in [4.69, 9.17) is 0 Å². The summed E-state index contributed by atoms with van der Waals surface area (Å²) in [6.45, 7) is 0. The predicted molar refractivity (Wildman–Crippen MR) is 82.3 cm³/mol. The van der Waals surface area contributed by atoms with Crippen molar-refractivity contribution in [2.45, 2.75) is 11.3 Å². The van der Waals surface area contributed by atoms with Gasteiger partial charge in [0, 0.05) is 17.1 Å². The second-order valence-corrected chi connectivity index (χ2v) is 5.29. The Bertz CT molecular complexity index is 532. The molecule has 0 fully saturated rings. The lowest BCUT2D eigenvalue weighted by Gasteiger charge is -1.99. The highest BCUT2D eigenvalue weighted by Crippen LogP contribution is 2.17. The average molecular weight is 268 g/mol. The third-order valence-electron chi connectivity index (χ3n) is 2.62. The fraction of sp³-hybridized carbons (Fsp3) is 0.118. The summed E-state index contributed by atoms with van der Waals surface area (Å²) in [4.78, 5) is 12.9. The van der Waals surface area contributed by atoms with E-state index in [9.17, 15) is 4.79 Å². The van der Waals surface area contributed by atoms with E-state index in [1.54, 1.807) is 17.8 Å². The van der Waals surface area contributed by atoms with Crippen LogP contribution in [0.2, 0.25) is 0 Å². The number of ketones is 1. The van der Waals surface area contributed by atoms with Crippen molar-refractivity contribution in [1.29, 1.82) is 0 Å². The summed E-state index contributed by atoms with van der Waals surface area (Å²) in [5.41, 5.74) is 1.06. The maximum Gasteiger partial charge on any atom is 0.156 e. The highest BCUT2D eigenvalue weighted by molar-refractivity contribution is 7.99. The minimum absolute atomic E-state index is 0.173. The summed E-state index contributed by atoms with van der Waals surface area (Å²) >= 11 is 1.72. The van der Waals surface area contributed by atoms with E-state index in [-0.39, 0.29) is 5.78 Å². The van der Waals surface area contributed by atoms with E-state index < -0.39 is 0 Å². The van der Waals surface area contributed by atoms with Gasteiger partial charge in [-0.1, -0.05) is 54.6 Å². The van der Waals surface area contributed by atoms with Crippen LogP contribution in [0.5, 0.6) is 0 Å². The smallest absolute Gasteiger partial charge is 0.156 e. The van der Waals surface area contributed by atoms with Gasteiger partial charge >= 0.3 is 0 Å². The monoisotopic (exact) mass is 268 g/mol. The van der Waals surface area contributed by atoms with E-state index >= 15 is 0 Å².